The summed E-state index contributed by atoms with van der Waals surface area (Å²) in [4.78, 5) is 3.16. The summed E-state index contributed by atoms with van der Waals surface area (Å²) < 4.78 is 0. The van der Waals surface area contributed by atoms with Crippen LogP contribution in [0.3, 0.4) is 0 Å². The Balaban J connectivity index is 2.19. The van der Waals surface area contributed by atoms with Crippen LogP contribution < -0.4 is 5.32 Å². The summed E-state index contributed by atoms with van der Waals surface area (Å²) in [5.41, 5.74) is 2.06. The van der Waals surface area contributed by atoms with E-state index in [9.17, 15) is 5.11 Å². The molecule has 0 saturated heterocycles. The average Bonchev–Trinajstić information content (AvgIpc) is 2.72. The van der Waals surface area contributed by atoms with Gasteiger partial charge in [0.1, 0.15) is 0 Å². The summed E-state index contributed by atoms with van der Waals surface area (Å²) >= 11 is 0. The molecular weight excluding hydrogens is 212 g/mol. The van der Waals surface area contributed by atoms with Crippen molar-refractivity contribution in [2.24, 2.45) is 0 Å². The van der Waals surface area contributed by atoms with Crippen molar-refractivity contribution in [2.45, 2.75) is 32.4 Å². The SMILES string of the molecule is CC(C)(C)NC[C@H](O)c1cccc2[nH]ccc12. The molecule has 0 amide bonds. The molecule has 0 aliphatic carbocycles. The molecule has 0 fully saturated rings. The first-order valence-corrected chi connectivity index (χ1v) is 5.96. The number of β-amino-alcohol motifs (C(OH)–C–C–N with tert-alkyl or cyclic N) is 1. The van der Waals surface area contributed by atoms with Gasteiger partial charge in [-0.25, -0.2) is 0 Å². The number of fused-ring (bicyclic) bond motifs is 1. The molecular formula is C14H20N2O. The maximum absolute atomic E-state index is 10.2. The van der Waals surface area contributed by atoms with Gasteiger partial charge in [-0.1, -0.05) is 12.1 Å². The monoisotopic (exact) mass is 232 g/mol. The first-order valence-electron chi connectivity index (χ1n) is 5.96. The maximum atomic E-state index is 10.2. The lowest BCUT2D eigenvalue weighted by molar-refractivity contribution is 0.164. The average molecular weight is 232 g/mol. The van der Waals surface area contributed by atoms with Gasteiger partial charge in [0.25, 0.3) is 0 Å². The fourth-order valence-corrected chi connectivity index (χ4v) is 1.91. The topological polar surface area (TPSA) is 48.0 Å². The second kappa shape index (κ2) is 4.51. The van der Waals surface area contributed by atoms with Gasteiger partial charge in [-0.2, -0.15) is 0 Å². The number of benzene rings is 1. The summed E-state index contributed by atoms with van der Waals surface area (Å²) in [6.07, 6.45) is 1.42. The highest BCUT2D eigenvalue weighted by atomic mass is 16.3. The third kappa shape index (κ3) is 2.87. The molecule has 1 atom stereocenters. The van der Waals surface area contributed by atoms with Gasteiger partial charge < -0.3 is 15.4 Å². The standard InChI is InChI=1S/C14H20N2O/c1-14(2,3)16-9-13(17)11-5-4-6-12-10(11)7-8-15-12/h4-8,13,15-17H,9H2,1-3H3/t13-/m0/s1. The van der Waals surface area contributed by atoms with Crippen LogP contribution in [0.15, 0.2) is 30.5 Å². The molecule has 1 aromatic carbocycles. The quantitative estimate of drug-likeness (QED) is 0.761. The zero-order valence-electron chi connectivity index (χ0n) is 10.6. The molecule has 3 N–H and O–H groups in total. The van der Waals surface area contributed by atoms with E-state index >= 15 is 0 Å². The minimum atomic E-state index is -0.478. The highest BCUT2D eigenvalue weighted by molar-refractivity contribution is 5.83. The van der Waals surface area contributed by atoms with Crippen molar-refractivity contribution >= 4 is 10.9 Å². The minimum absolute atomic E-state index is 0.0209. The highest BCUT2D eigenvalue weighted by Gasteiger charge is 2.15. The van der Waals surface area contributed by atoms with Crippen molar-refractivity contribution in [1.82, 2.24) is 10.3 Å². The molecule has 1 aromatic heterocycles. The van der Waals surface area contributed by atoms with E-state index in [0.29, 0.717) is 6.54 Å². The van der Waals surface area contributed by atoms with Crippen molar-refractivity contribution in [2.75, 3.05) is 6.54 Å². The van der Waals surface area contributed by atoms with Crippen LogP contribution in [0, 0.1) is 0 Å². The van der Waals surface area contributed by atoms with E-state index in [1.807, 2.05) is 30.5 Å². The van der Waals surface area contributed by atoms with E-state index in [2.05, 4.69) is 31.1 Å². The first kappa shape index (κ1) is 12.1. The minimum Gasteiger partial charge on any atom is -0.387 e. The third-order valence-corrected chi connectivity index (χ3v) is 2.81. The Morgan fingerprint density at radius 2 is 2.06 bits per heavy atom. The van der Waals surface area contributed by atoms with Crippen molar-refractivity contribution in [3.63, 3.8) is 0 Å². The number of H-pyrrole nitrogens is 1. The van der Waals surface area contributed by atoms with Gasteiger partial charge in [0.15, 0.2) is 0 Å². The van der Waals surface area contributed by atoms with Crippen molar-refractivity contribution in [3.05, 3.63) is 36.0 Å². The summed E-state index contributed by atoms with van der Waals surface area (Å²) in [6, 6.07) is 7.97. The Morgan fingerprint density at radius 1 is 1.29 bits per heavy atom. The van der Waals surface area contributed by atoms with Crippen LogP contribution >= 0.6 is 0 Å². The van der Waals surface area contributed by atoms with Gasteiger partial charge in [0.2, 0.25) is 0 Å². The van der Waals surface area contributed by atoms with Crippen LogP contribution in [-0.4, -0.2) is 22.2 Å². The van der Waals surface area contributed by atoms with E-state index in [4.69, 9.17) is 0 Å². The first-order chi connectivity index (χ1) is 7.97. The summed E-state index contributed by atoms with van der Waals surface area (Å²) in [5, 5.41) is 14.6. The van der Waals surface area contributed by atoms with E-state index < -0.39 is 6.10 Å². The Morgan fingerprint density at radius 3 is 2.76 bits per heavy atom. The molecule has 3 heteroatoms. The number of aliphatic hydroxyl groups is 1. The normalized spacial score (nSPS) is 14.1. The van der Waals surface area contributed by atoms with E-state index in [0.717, 1.165) is 16.5 Å². The van der Waals surface area contributed by atoms with Gasteiger partial charge >= 0.3 is 0 Å². The molecule has 0 aliphatic rings. The van der Waals surface area contributed by atoms with Crippen molar-refractivity contribution in [3.8, 4) is 0 Å². The third-order valence-electron chi connectivity index (χ3n) is 2.81. The lowest BCUT2D eigenvalue weighted by Crippen LogP contribution is -2.38. The fourth-order valence-electron chi connectivity index (χ4n) is 1.91. The van der Waals surface area contributed by atoms with E-state index in [-0.39, 0.29) is 5.54 Å². The summed E-state index contributed by atoms with van der Waals surface area (Å²) in [5.74, 6) is 0. The molecule has 2 rings (SSSR count). The highest BCUT2D eigenvalue weighted by Crippen LogP contribution is 2.23. The maximum Gasteiger partial charge on any atom is 0.0921 e. The van der Waals surface area contributed by atoms with Gasteiger partial charge in [0, 0.05) is 29.2 Å². The molecule has 3 nitrogen and oxygen atoms in total. The number of nitrogens with one attached hydrogen (secondary N) is 2. The number of aromatic amines is 1. The lowest BCUT2D eigenvalue weighted by atomic mass is 10.0. The number of aliphatic hydroxyl groups excluding tert-OH is 1. The molecule has 1 heterocycles. The largest absolute Gasteiger partial charge is 0.387 e. The molecule has 0 saturated carbocycles. The van der Waals surface area contributed by atoms with Crippen LogP contribution in [0.4, 0.5) is 0 Å². The Labute approximate surface area is 102 Å². The lowest BCUT2D eigenvalue weighted by Gasteiger charge is -2.23. The predicted octanol–water partition coefficient (Wildman–Crippen LogP) is 2.59. The van der Waals surface area contributed by atoms with Gasteiger partial charge in [0.05, 0.1) is 6.10 Å². The zero-order chi connectivity index (χ0) is 12.5. The molecule has 0 radical (unpaired) electrons. The van der Waals surface area contributed by atoms with Crippen molar-refractivity contribution in [1.29, 1.82) is 0 Å². The van der Waals surface area contributed by atoms with Crippen LogP contribution in [0.5, 0.6) is 0 Å². The molecule has 0 bridgehead atoms. The Kier molecular flexibility index (Phi) is 3.22. The van der Waals surface area contributed by atoms with E-state index in [1.54, 1.807) is 0 Å². The fraction of sp³-hybridized carbons (Fsp3) is 0.429. The number of rotatable bonds is 3. The van der Waals surface area contributed by atoms with Crippen molar-refractivity contribution < 1.29 is 5.11 Å². The molecule has 0 spiro atoms. The predicted molar refractivity (Wildman–Crippen MR) is 71.0 cm³/mol. The smallest absolute Gasteiger partial charge is 0.0921 e. The molecule has 92 valence electrons. The number of hydrogen-bond donors (Lipinski definition) is 3. The second-order valence-corrected chi connectivity index (χ2v) is 5.43. The molecule has 17 heavy (non-hydrogen) atoms. The molecule has 0 unspecified atom stereocenters. The zero-order valence-corrected chi connectivity index (χ0v) is 10.6. The second-order valence-electron chi connectivity index (χ2n) is 5.43. The molecule has 2 aromatic rings. The van der Waals surface area contributed by atoms with Gasteiger partial charge in [-0.3, -0.25) is 0 Å². The van der Waals surface area contributed by atoms with Crippen LogP contribution in [0.25, 0.3) is 10.9 Å². The molecule has 0 aliphatic heterocycles. The summed E-state index contributed by atoms with van der Waals surface area (Å²) in [6.45, 7) is 6.84. The Hall–Kier alpha value is -1.32. The van der Waals surface area contributed by atoms with Crippen LogP contribution in [0.1, 0.15) is 32.4 Å². The number of hydrogen-bond acceptors (Lipinski definition) is 2. The summed E-state index contributed by atoms with van der Waals surface area (Å²) in [7, 11) is 0. The Bertz CT molecular complexity index is 496. The number of aromatic nitrogens is 1. The van der Waals surface area contributed by atoms with Crippen LogP contribution in [0.2, 0.25) is 0 Å². The van der Waals surface area contributed by atoms with Gasteiger partial charge in [-0.05, 0) is 38.5 Å². The van der Waals surface area contributed by atoms with Crippen LogP contribution in [-0.2, 0) is 0 Å². The van der Waals surface area contributed by atoms with Gasteiger partial charge in [-0.15, -0.1) is 0 Å². The van der Waals surface area contributed by atoms with E-state index in [1.165, 1.54) is 0 Å².